The lowest BCUT2D eigenvalue weighted by Crippen LogP contribution is -2.19. The Hall–Kier alpha value is -3.41. The van der Waals surface area contributed by atoms with Crippen LogP contribution in [0.3, 0.4) is 0 Å². The number of rotatable bonds is 6. The molecule has 1 unspecified atom stereocenters. The zero-order valence-electron chi connectivity index (χ0n) is 20.1. The molecule has 4 rings (SSSR count). The number of hydrogen-bond donors (Lipinski definition) is 3. The molecule has 210 valence electrons. The minimum Gasteiger partial charge on any atom is -0.326 e. The van der Waals surface area contributed by atoms with Crippen molar-refractivity contribution in [1.82, 2.24) is 0 Å². The monoisotopic (exact) mass is 619 g/mol. The van der Waals surface area contributed by atoms with Crippen LogP contribution in [0.15, 0.2) is 54.6 Å². The normalized spacial score (nSPS) is 17.6. The molecule has 0 bridgehead atoms. The SMILES string of the molecule is CC(=O)Nc1c(F)ccc(NC(=O)c2cc(NC(=O)[C@H]3C(c4cccc(C(F)(F)F)c4)C3(Cl)Cl)ccc2Cl)c1F. The van der Waals surface area contributed by atoms with E-state index < -0.39 is 68.6 Å². The quantitative estimate of drug-likeness (QED) is 0.199. The van der Waals surface area contributed by atoms with Gasteiger partial charge in [-0.05, 0) is 42.0 Å². The molecular weight excluding hydrogens is 604 g/mol. The Balaban J connectivity index is 1.52. The van der Waals surface area contributed by atoms with Gasteiger partial charge < -0.3 is 16.0 Å². The predicted molar refractivity (Wildman–Crippen MR) is 141 cm³/mol. The zero-order valence-corrected chi connectivity index (χ0v) is 22.4. The van der Waals surface area contributed by atoms with Crippen molar-refractivity contribution in [2.45, 2.75) is 23.4 Å². The van der Waals surface area contributed by atoms with Gasteiger partial charge in [0.1, 0.15) is 15.8 Å². The van der Waals surface area contributed by atoms with Crippen LogP contribution in [0.2, 0.25) is 5.02 Å². The second-order valence-corrected chi connectivity index (χ2v) is 10.7. The van der Waals surface area contributed by atoms with Crippen molar-refractivity contribution in [2.24, 2.45) is 5.92 Å². The number of hydrogen-bond acceptors (Lipinski definition) is 3. The maximum atomic E-state index is 14.7. The van der Waals surface area contributed by atoms with Crippen LogP contribution in [0.25, 0.3) is 0 Å². The standard InChI is InChI=1S/C26H17Cl3F5N3O3/c1-11(38)35-22-17(30)7-8-18(21(22)31)37-23(39)15-10-14(5-6-16(15)27)36-24(40)20-19(25(20,28)29)12-3-2-4-13(9-12)26(32,33)34/h2-10,19-20H,1H3,(H,35,38)(H,36,40)(H,37,39)/t19?,20-/m1/s1. The molecule has 6 nitrogen and oxygen atoms in total. The smallest absolute Gasteiger partial charge is 0.326 e. The summed E-state index contributed by atoms with van der Waals surface area (Å²) in [6.07, 6.45) is -4.60. The molecule has 0 spiro atoms. The Kier molecular flexibility index (Phi) is 8.04. The zero-order chi connectivity index (χ0) is 29.6. The third-order valence-electron chi connectivity index (χ3n) is 6.03. The molecule has 3 amide bonds. The van der Waals surface area contributed by atoms with Gasteiger partial charge in [-0.2, -0.15) is 13.2 Å². The van der Waals surface area contributed by atoms with E-state index in [1.807, 2.05) is 5.32 Å². The molecule has 0 radical (unpaired) electrons. The molecule has 0 heterocycles. The van der Waals surface area contributed by atoms with Crippen molar-refractivity contribution in [1.29, 1.82) is 0 Å². The lowest BCUT2D eigenvalue weighted by molar-refractivity contribution is -0.137. The highest BCUT2D eigenvalue weighted by atomic mass is 35.5. The van der Waals surface area contributed by atoms with Gasteiger partial charge in [-0.1, -0.05) is 29.8 Å². The Morgan fingerprint density at radius 1 is 0.925 bits per heavy atom. The second-order valence-electron chi connectivity index (χ2n) is 8.86. The summed E-state index contributed by atoms with van der Waals surface area (Å²) in [5.74, 6) is -6.76. The minimum atomic E-state index is -4.60. The van der Waals surface area contributed by atoms with E-state index in [9.17, 15) is 36.3 Å². The Morgan fingerprint density at radius 3 is 2.27 bits per heavy atom. The molecule has 0 aromatic heterocycles. The second kappa shape index (κ2) is 10.9. The van der Waals surface area contributed by atoms with Crippen LogP contribution < -0.4 is 16.0 Å². The van der Waals surface area contributed by atoms with E-state index in [4.69, 9.17) is 34.8 Å². The number of alkyl halides is 5. The first-order valence-electron chi connectivity index (χ1n) is 11.3. The van der Waals surface area contributed by atoms with Crippen LogP contribution in [-0.2, 0) is 15.8 Å². The van der Waals surface area contributed by atoms with Crippen molar-refractivity contribution >= 4 is 69.6 Å². The molecule has 0 saturated heterocycles. The third-order valence-corrected chi connectivity index (χ3v) is 7.30. The van der Waals surface area contributed by atoms with Gasteiger partial charge in [-0.3, -0.25) is 14.4 Å². The van der Waals surface area contributed by atoms with E-state index in [1.54, 1.807) is 0 Å². The predicted octanol–water partition coefficient (Wildman–Crippen LogP) is 7.37. The topological polar surface area (TPSA) is 87.3 Å². The first-order chi connectivity index (χ1) is 18.6. The van der Waals surface area contributed by atoms with Gasteiger partial charge in [0.25, 0.3) is 5.91 Å². The number of halogens is 8. The molecular formula is C26H17Cl3F5N3O3. The van der Waals surface area contributed by atoms with E-state index >= 15 is 0 Å². The van der Waals surface area contributed by atoms with Crippen molar-refractivity contribution in [3.63, 3.8) is 0 Å². The van der Waals surface area contributed by atoms with Crippen LogP contribution in [0, 0.1) is 17.6 Å². The van der Waals surface area contributed by atoms with E-state index in [0.29, 0.717) is 0 Å². The number of benzene rings is 3. The fraction of sp³-hybridized carbons (Fsp3) is 0.192. The van der Waals surface area contributed by atoms with Crippen LogP contribution in [0.1, 0.15) is 34.3 Å². The van der Waals surface area contributed by atoms with Gasteiger partial charge >= 0.3 is 6.18 Å². The highest BCUT2D eigenvalue weighted by molar-refractivity contribution is 6.53. The van der Waals surface area contributed by atoms with E-state index in [-0.39, 0.29) is 21.8 Å². The van der Waals surface area contributed by atoms with Crippen LogP contribution >= 0.6 is 34.8 Å². The molecule has 2 atom stereocenters. The van der Waals surface area contributed by atoms with Crippen molar-refractivity contribution < 1.29 is 36.3 Å². The Labute approximate surface area is 238 Å². The first-order valence-corrected chi connectivity index (χ1v) is 12.5. The average Bonchev–Trinajstić information content (AvgIpc) is 3.46. The van der Waals surface area contributed by atoms with Gasteiger partial charge in [-0.15, -0.1) is 23.2 Å². The summed E-state index contributed by atoms with van der Waals surface area (Å²) in [6, 6.07) is 9.86. The number of nitrogens with one attached hydrogen (secondary N) is 3. The number of anilines is 3. The molecule has 1 aliphatic rings. The Morgan fingerprint density at radius 2 is 1.62 bits per heavy atom. The van der Waals surface area contributed by atoms with E-state index in [0.717, 1.165) is 37.3 Å². The summed E-state index contributed by atoms with van der Waals surface area (Å²) in [5, 5.41) is 6.63. The van der Waals surface area contributed by atoms with Crippen molar-refractivity contribution in [2.75, 3.05) is 16.0 Å². The lowest BCUT2D eigenvalue weighted by Gasteiger charge is -2.13. The maximum Gasteiger partial charge on any atom is 0.416 e. The van der Waals surface area contributed by atoms with Crippen molar-refractivity contribution in [3.8, 4) is 0 Å². The molecule has 1 fully saturated rings. The molecule has 1 saturated carbocycles. The maximum absolute atomic E-state index is 14.7. The summed E-state index contributed by atoms with van der Waals surface area (Å²) in [4.78, 5) is 37.1. The van der Waals surface area contributed by atoms with Gasteiger partial charge in [0.05, 0.1) is 27.8 Å². The molecule has 3 N–H and O–H groups in total. The largest absolute Gasteiger partial charge is 0.416 e. The fourth-order valence-corrected chi connectivity index (χ4v) is 5.13. The number of carbonyl (C=O) groups excluding carboxylic acids is 3. The van der Waals surface area contributed by atoms with Gasteiger partial charge in [0.2, 0.25) is 11.8 Å². The molecule has 3 aromatic carbocycles. The van der Waals surface area contributed by atoms with Gasteiger partial charge in [-0.25, -0.2) is 8.78 Å². The van der Waals surface area contributed by atoms with E-state index in [2.05, 4.69) is 10.6 Å². The van der Waals surface area contributed by atoms with E-state index in [1.165, 1.54) is 24.3 Å². The summed E-state index contributed by atoms with van der Waals surface area (Å²) >= 11 is 18.6. The van der Waals surface area contributed by atoms with Crippen LogP contribution in [0.5, 0.6) is 0 Å². The molecule has 0 aliphatic heterocycles. The lowest BCUT2D eigenvalue weighted by atomic mass is 10.1. The summed E-state index contributed by atoms with van der Waals surface area (Å²) in [7, 11) is 0. The number of amides is 3. The van der Waals surface area contributed by atoms with Gasteiger partial charge in [0, 0.05) is 18.5 Å². The third kappa shape index (κ3) is 6.01. The molecule has 14 heteroatoms. The first kappa shape index (κ1) is 29.6. The van der Waals surface area contributed by atoms with Crippen molar-refractivity contribution in [3.05, 3.63) is 87.9 Å². The molecule has 3 aromatic rings. The summed E-state index contributed by atoms with van der Waals surface area (Å²) in [5.41, 5.74) is -2.18. The minimum absolute atomic E-state index is 0.0527. The summed E-state index contributed by atoms with van der Waals surface area (Å²) < 4.78 is 66.3. The number of carbonyl (C=O) groups is 3. The van der Waals surface area contributed by atoms with Crippen LogP contribution in [-0.4, -0.2) is 22.1 Å². The Bertz CT molecular complexity index is 1530. The fourth-order valence-electron chi connectivity index (χ4n) is 4.10. The average molecular weight is 621 g/mol. The van der Waals surface area contributed by atoms with Gasteiger partial charge in [0.15, 0.2) is 5.82 Å². The highest BCUT2D eigenvalue weighted by Crippen LogP contribution is 2.65. The van der Waals surface area contributed by atoms with Crippen LogP contribution in [0.4, 0.5) is 39.0 Å². The molecule has 1 aliphatic carbocycles. The summed E-state index contributed by atoms with van der Waals surface area (Å²) in [6.45, 7) is 1.05. The highest BCUT2D eigenvalue weighted by Gasteiger charge is 2.67. The molecule has 40 heavy (non-hydrogen) atoms.